The van der Waals surface area contributed by atoms with Gasteiger partial charge in [-0.15, -0.1) is 0 Å². The molecule has 3 aromatic carbocycles. The smallest absolute Gasteiger partial charge is 0.407 e. The van der Waals surface area contributed by atoms with E-state index in [-0.39, 0.29) is 12.5 Å². The number of nitrogens with zero attached hydrogens (tertiary/aromatic N) is 2. The summed E-state index contributed by atoms with van der Waals surface area (Å²) in [6, 6.07) is 28.1. The fourth-order valence-electron chi connectivity index (χ4n) is 4.05. The van der Waals surface area contributed by atoms with Crippen LogP contribution >= 0.6 is 0 Å². The fourth-order valence-corrected chi connectivity index (χ4v) is 4.05. The molecule has 0 radical (unpaired) electrons. The lowest BCUT2D eigenvalue weighted by Crippen LogP contribution is -2.35. The van der Waals surface area contributed by atoms with E-state index in [2.05, 4.69) is 5.32 Å². The van der Waals surface area contributed by atoms with Crippen LogP contribution in [0, 0.1) is 6.92 Å². The topological polar surface area (TPSA) is 82.5 Å². The molecule has 1 amide bonds. The lowest BCUT2D eigenvalue weighted by molar-refractivity contribution is 0.0524. The van der Waals surface area contributed by atoms with Gasteiger partial charge in [0.25, 0.3) is 0 Å². The van der Waals surface area contributed by atoms with Crippen molar-refractivity contribution < 1.29 is 19.1 Å². The minimum absolute atomic E-state index is 0.218. The van der Waals surface area contributed by atoms with Crippen LogP contribution in [0.25, 0.3) is 5.69 Å². The molecule has 1 atom stereocenters. The third-order valence-corrected chi connectivity index (χ3v) is 5.66. The van der Waals surface area contributed by atoms with Crippen LogP contribution in [0.5, 0.6) is 5.88 Å². The Bertz CT molecular complexity index is 1340. The van der Waals surface area contributed by atoms with E-state index in [0.717, 1.165) is 11.3 Å². The number of aromatic nitrogens is 2. The molecule has 0 aliphatic rings. The van der Waals surface area contributed by atoms with Crippen LogP contribution in [-0.2, 0) is 4.74 Å². The summed E-state index contributed by atoms with van der Waals surface area (Å²) in [6.45, 7) is 7.54. The van der Waals surface area contributed by atoms with Gasteiger partial charge in [0, 0.05) is 18.0 Å². The van der Waals surface area contributed by atoms with Gasteiger partial charge in [-0.05, 0) is 57.5 Å². The Morgan fingerprint density at radius 2 is 1.46 bits per heavy atom. The second kappa shape index (κ2) is 11.1. The quantitative estimate of drug-likeness (QED) is 0.314. The number of alkyl carbamates (subject to hydrolysis) is 1. The first kappa shape index (κ1) is 25.7. The summed E-state index contributed by atoms with van der Waals surface area (Å²) < 4.78 is 13.1. The third kappa shape index (κ3) is 6.44. The summed E-state index contributed by atoms with van der Waals surface area (Å²) >= 11 is 0. The molecule has 0 fully saturated rings. The Kier molecular flexibility index (Phi) is 7.72. The number of ether oxygens (including phenoxy) is 2. The summed E-state index contributed by atoms with van der Waals surface area (Å²) in [5, 5.41) is 7.64. The van der Waals surface area contributed by atoms with Gasteiger partial charge in [-0.1, -0.05) is 66.7 Å². The van der Waals surface area contributed by atoms with E-state index >= 15 is 0 Å². The van der Waals surface area contributed by atoms with E-state index in [1.165, 1.54) is 0 Å². The Labute approximate surface area is 217 Å². The number of hydrogen-bond donors (Lipinski definition) is 1. The molecular formula is C30H31N3O4. The maximum absolute atomic E-state index is 13.2. The number of hydrogen-bond acceptors (Lipinski definition) is 5. The average molecular weight is 498 g/mol. The molecule has 0 unspecified atom stereocenters. The summed E-state index contributed by atoms with van der Waals surface area (Å²) in [4.78, 5) is 25.7. The molecule has 0 aliphatic heterocycles. The molecular weight excluding hydrogens is 466 g/mol. The Morgan fingerprint density at radius 1 is 0.892 bits per heavy atom. The molecule has 0 spiro atoms. The van der Waals surface area contributed by atoms with Gasteiger partial charge in [0.15, 0.2) is 0 Å². The van der Waals surface area contributed by atoms with E-state index in [4.69, 9.17) is 14.6 Å². The van der Waals surface area contributed by atoms with Crippen molar-refractivity contribution in [2.24, 2.45) is 0 Å². The second-order valence-corrected chi connectivity index (χ2v) is 9.65. The van der Waals surface area contributed by atoms with Crippen molar-refractivity contribution >= 4 is 12.1 Å². The molecule has 0 saturated carbocycles. The lowest BCUT2D eigenvalue weighted by atomic mass is 9.91. The average Bonchev–Trinajstić information content (AvgIpc) is 3.20. The van der Waals surface area contributed by atoms with Gasteiger partial charge < -0.3 is 14.8 Å². The molecule has 37 heavy (non-hydrogen) atoms. The first-order chi connectivity index (χ1) is 17.7. The Balaban J connectivity index is 1.79. The molecule has 1 aromatic heterocycles. The van der Waals surface area contributed by atoms with Crippen molar-refractivity contribution in [1.29, 1.82) is 0 Å². The molecule has 7 heteroatoms. The molecule has 190 valence electrons. The minimum atomic E-state index is -0.628. The van der Waals surface area contributed by atoms with E-state index in [0.29, 0.717) is 22.7 Å². The van der Waals surface area contributed by atoms with E-state index in [1.807, 2.05) is 94.4 Å². The van der Waals surface area contributed by atoms with Crippen LogP contribution in [0.2, 0.25) is 0 Å². The van der Waals surface area contributed by atoms with Gasteiger partial charge in [0.2, 0.25) is 5.88 Å². The second-order valence-electron chi connectivity index (χ2n) is 9.65. The number of carbonyl (C=O) groups excluding carboxylic acids is 2. The molecule has 4 rings (SSSR count). The highest BCUT2D eigenvalue weighted by atomic mass is 16.6. The first-order valence-corrected chi connectivity index (χ1v) is 12.2. The van der Waals surface area contributed by atoms with Crippen LogP contribution in [-0.4, -0.2) is 34.0 Å². The summed E-state index contributed by atoms with van der Waals surface area (Å²) in [7, 11) is 0. The number of aryl methyl sites for hydroxylation is 1. The van der Waals surface area contributed by atoms with Crippen LogP contribution < -0.4 is 10.1 Å². The minimum Gasteiger partial charge on any atom is -0.444 e. The number of para-hydroxylation sites is 1. The van der Waals surface area contributed by atoms with E-state index in [9.17, 15) is 9.59 Å². The molecule has 0 bridgehead atoms. The maximum atomic E-state index is 13.2. The number of benzene rings is 3. The molecule has 1 N–H and O–H groups in total. The molecule has 1 heterocycles. The standard InChI is InChI=1S/C30H31N3O4/c1-21-26(25(22-14-8-5-9-15-22)20-31-29(35)37-30(2,3)4)27(33(32-21)24-18-12-7-13-19-24)36-28(34)23-16-10-6-11-17-23/h5-19,25H,20H2,1-4H3,(H,31,35)/t25-/m0/s1. The number of nitrogens with one attached hydrogen (secondary N) is 1. The first-order valence-electron chi connectivity index (χ1n) is 12.2. The van der Waals surface area contributed by atoms with Crippen molar-refractivity contribution in [3.63, 3.8) is 0 Å². The SMILES string of the molecule is Cc1nn(-c2ccccc2)c(OC(=O)c2ccccc2)c1[C@@H](CNC(=O)OC(C)(C)C)c1ccccc1. The van der Waals surface area contributed by atoms with E-state index in [1.54, 1.807) is 28.9 Å². The van der Waals surface area contributed by atoms with E-state index < -0.39 is 17.7 Å². The lowest BCUT2D eigenvalue weighted by Gasteiger charge is -2.23. The van der Waals surface area contributed by atoms with Gasteiger partial charge in [-0.2, -0.15) is 5.10 Å². The molecule has 0 saturated heterocycles. The highest BCUT2D eigenvalue weighted by Crippen LogP contribution is 2.36. The zero-order chi connectivity index (χ0) is 26.4. The van der Waals surface area contributed by atoms with Gasteiger partial charge in [0.05, 0.1) is 16.9 Å². The highest BCUT2D eigenvalue weighted by molar-refractivity contribution is 5.91. The predicted octanol–water partition coefficient (Wildman–Crippen LogP) is 6.06. The highest BCUT2D eigenvalue weighted by Gasteiger charge is 2.29. The fraction of sp³-hybridized carbons (Fsp3) is 0.233. The van der Waals surface area contributed by atoms with Crippen molar-refractivity contribution in [2.75, 3.05) is 6.54 Å². The summed E-state index contributed by atoms with van der Waals surface area (Å²) in [6.07, 6.45) is -0.524. The maximum Gasteiger partial charge on any atom is 0.407 e. The van der Waals surface area contributed by atoms with Crippen molar-refractivity contribution in [3.05, 3.63) is 113 Å². The van der Waals surface area contributed by atoms with Gasteiger partial charge in [0.1, 0.15) is 5.60 Å². The van der Waals surface area contributed by atoms with Crippen LogP contribution in [0.4, 0.5) is 4.79 Å². The predicted molar refractivity (Wildman–Crippen MR) is 142 cm³/mol. The molecule has 4 aromatic rings. The number of rotatable bonds is 7. The van der Waals surface area contributed by atoms with Crippen LogP contribution in [0.3, 0.4) is 0 Å². The summed E-state index contributed by atoms with van der Waals surface area (Å²) in [5.41, 5.74) is 2.87. The van der Waals surface area contributed by atoms with Gasteiger partial charge in [-0.25, -0.2) is 14.3 Å². The number of amides is 1. The zero-order valence-corrected chi connectivity index (χ0v) is 21.5. The van der Waals surface area contributed by atoms with Crippen molar-refractivity contribution in [1.82, 2.24) is 15.1 Å². The summed E-state index contributed by atoms with van der Waals surface area (Å²) in [5.74, 6) is -0.548. The van der Waals surface area contributed by atoms with Crippen molar-refractivity contribution in [3.8, 4) is 11.6 Å². The molecule has 0 aliphatic carbocycles. The van der Waals surface area contributed by atoms with Crippen LogP contribution in [0.1, 0.15) is 53.9 Å². The zero-order valence-electron chi connectivity index (χ0n) is 21.5. The van der Waals surface area contributed by atoms with Crippen molar-refractivity contribution in [2.45, 2.75) is 39.2 Å². The monoisotopic (exact) mass is 497 g/mol. The Morgan fingerprint density at radius 3 is 2.05 bits per heavy atom. The van der Waals surface area contributed by atoms with Gasteiger partial charge in [-0.3, -0.25) is 0 Å². The van der Waals surface area contributed by atoms with Gasteiger partial charge >= 0.3 is 12.1 Å². The molecule has 7 nitrogen and oxygen atoms in total. The third-order valence-electron chi connectivity index (χ3n) is 5.66. The largest absolute Gasteiger partial charge is 0.444 e. The Hall–Kier alpha value is -4.39. The number of esters is 1. The van der Waals surface area contributed by atoms with Crippen LogP contribution in [0.15, 0.2) is 91.0 Å². The normalized spacial score (nSPS) is 12.0. The number of carbonyl (C=O) groups is 2.